The summed E-state index contributed by atoms with van der Waals surface area (Å²) in [6.07, 6.45) is -0.0801. The number of aliphatic hydroxyl groups is 1. The van der Waals surface area contributed by atoms with Crippen molar-refractivity contribution in [3.05, 3.63) is 69.0 Å². The zero-order chi connectivity index (χ0) is 14.1. The van der Waals surface area contributed by atoms with Crippen molar-refractivity contribution < 1.29 is 5.11 Å². The Morgan fingerprint density at radius 3 is 2.70 bits per heavy atom. The van der Waals surface area contributed by atoms with Gasteiger partial charge in [0, 0.05) is 21.2 Å². The number of thiophene rings is 1. The van der Waals surface area contributed by atoms with Crippen LogP contribution in [-0.4, -0.2) is 5.11 Å². The van der Waals surface area contributed by atoms with Gasteiger partial charge in [0.1, 0.15) is 0 Å². The van der Waals surface area contributed by atoms with Crippen molar-refractivity contribution in [1.82, 2.24) is 0 Å². The van der Waals surface area contributed by atoms with Crippen LogP contribution in [0.1, 0.15) is 17.2 Å². The Kier molecular flexibility index (Phi) is 3.99. The van der Waals surface area contributed by atoms with E-state index in [1.165, 1.54) is 10.1 Å². The van der Waals surface area contributed by atoms with E-state index in [9.17, 15) is 5.11 Å². The summed E-state index contributed by atoms with van der Waals surface area (Å²) in [7, 11) is 0. The van der Waals surface area contributed by atoms with Gasteiger partial charge in [-0.3, -0.25) is 0 Å². The fourth-order valence-electron chi connectivity index (χ4n) is 2.28. The first-order chi connectivity index (χ1) is 9.65. The number of benzene rings is 2. The van der Waals surface area contributed by atoms with E-state index in [-0.39, 0.29) is 0 Å². The van der Waals surface area contributed by atoms with Gasteiger partial charge in [-0.05, 0) is 40.1 Å². The molecule has 1 atom stereocenters. The summed E-state index contributed by atoms with van der Waals surface area (Å²) in [5.74, 6) is 0. The Labute approximate surface area is 131 Å². The van der Waals surface area contributed by atoms with Gasteiger partial charge in [-0.25, -0.2) is 0 Å². The van der Waals surface area contributed by atoms with Crippen LogP contribution in [0.2, 0.25) is 10.0 Å². The molecule has 2 aromatic carbocycles. The van der Waals surface area contributed by atoms with Gasteiger partial charge in [0.2, 0.25) is 0 Å². The van der Waals surface area contributed by atoms with Crippen LogP contribution in [0.5, 0.6) is 0 Å². The molecule has 3 rings (SSSR count). The first-order valence-electron chi connectivity index (χ1n) is 6.23. The van der Waals surface area contributed by atoms with E-state index in [2.05, 4.69) is 17.5 Å². The van der Waals surface area contributed by atoms with Crippen LogP contribution >= 0.6 is 34.5 Å². The number of hydrogen-bond donors (Lipinski definition) is 1. The highest BCUT2D eigenvalue weighted by atomic mass is 35.5. The van der Waals surface area contributed by atoms with Crippen LogP contribution in [0.25, 0.3) is 10.1 Å². The molecule has 1 unspecified atom stereocenters. The first kappa shape index (κ1) is 13.9. The van der Waals surface area contributed by atoms with Gasteiger partial charge in [-0.15, -0.1) is 11.3 Å². The lowest BCUT2D eigenvalue weighted by molar-refractivity contribution is 0.179. The standard InChI is InChI=1S/C16H12Cl2OS/c17-11-5-6-13(14(18)8-11)15(19)7-10-9-20-16-4-2-1-3-12(10)16/h1-6,8-9,15,19H,7H2. The molecule has 1 aromatic heterocycles. The summed E-state index contributed by atoms with van der Waals surface area (Å²) >= 11 is 13.7. The van der Waals surface area contributed by atoms with Gasteiger partial charge < -0.3 is 5.11 Å². The lowest BCUT2D eigenvalue weighted by atomic mass is 10.0. The fraction of sp³-hybridized carbons (Fsp3) is 0.125. The van der Waals surface area contributed by atoms with Gasteiger partial charge in [-0.1, -0.05) is 47.5 Å². The predicted octanol–water partition coefficient (Wildman–Crippen LogP) is 5.48. The van der Waals surface area contributed by atoms with Crippen LogP contribution < -0.4 is 0 Å². The molecule has 0 bridgehead atoms. The third-order valence-corrected chi connectivity index (χ3v) is 4.87. The molecule has 0 saturated carbocycles. The van der Waals surface area contributed by atoms with Crippen molar-refractivity contribution in [1.29, 1.82) is 0 Å². The lowest BCUT2D eigenvalue weighted by Gasteiger charge is -2.12. The Morgan fingerprint density at radius 2 is 1.90 bits per heavy atom. The van der Waals surface area contributed by atoms with Crippen molar-refractivity contribution in [3.63, 3.8) is 0 Å². The Hall–Kier alpha value is -1.06. The highest BCUT2D eigenvalue weighted by molar-refractivity contribution is 7.17. The zero-order valence-corrected chi connectivity index (χ0v) is 12.8. The van der Waals surface area contributed by atoms with Gasteiger partial charge in [0.15, 0.2) is 0 Å². The molecule has 0 spiro atoms. The van der Waals surface area contributed by atoms with Crippen LogP contribution in [0.15, 0.2) is 47.8 Å². The minimum absolute atomic E-state index is 0.504. The van der Waals surface area contributed by atoms with E-state index in [1.807, 2.05) is 12.1 Å². The molecular formula is C16H12Cl2OS. The molecule has 102 valence electrons. The number of aliphatic hydroxyl groups excluding tert-OH is 1. The molecule has 1 N–H and O–H groups in total. The summed E-state index contributed by atoms with van der Waals surface area (Å²) < 4.78 is 1.23. The van der Waals surface area contributed by atoms with E-state index in [0.717, 1.165) is 5.56 Å². The molecule has 0 fully saturated rings. The summed E-state index contributed by atoms with van der Waals surface area (Å²) in [5.41, 5.74) is 1.86. The van der Waals surface area contributed by atoms with Crippen molar-refractivity contribution >= 4 is 44.6 Å². The van der Waals surface area contributed by atoms with Crippen molar-refractivity contribution in [2.75, 3.05) is 0 Å². The average Bonchev–Trinajstić information content (AvgIpc) is 2.82. The molecule has 20 heavy (non-hydrogen) atoms. The molecule has 0 aliphatic heterocycles. The maximum atomic E-state index is 10.4. The molecule has 0 amide bonds. The van der Waals surface area contributed by atoms with Crippen molar-refractivity contribution in [3.8, 4) is 0 Å². The van der Waals surface area contributed by atoms with E-state index in [4.69, 9.17) is 23.2 Å². The minimum atomic E-state index is -0.627. The highest BCUT2D eigenvalue weighted by Crippen LogP contribution is 2.32. The Morgan fingerprint density at radius 1 is 1.10 bits per heavy atom. The maximum absolute atomic E-state index is 10.4. The number of halogens is 2. The second kappa shape index (κ2) is 5.74. The summed E-state index contributed by atoms with van der Waals surface area (Å²) in [5, 5.41) is 14.8. The first-order valence-corrected chi connectivity index (χ1v) is 7.87. The van der Waals surface area contributed by atoms with E-state index < -0.39 is 6.10 Å². The van der Waals surface area contributed by atoms with Gasteiger partial charge in [0.25, 0.3) is 0 Å². The van der Waals surface area contributed by atoms with Gasteiger partial charge >= 0.3 is 0 Å². The maximum Gasteiger partial charge on any atom is 0.0845 e. The second-order valence-corrected chi connectivity index (χ2v) is 6.40. The largest absolute Gasteiger partial charge is 0.388 e. The number of hydrogen-bond acceptors (Lipinski definition) is 2. The third kappa shape index (κ3) is 2.70. The van der Waals surface area contributed by atoms with E-state index >= 15 is 0 Å². The molecule has 0 aliphatic rings. The van der Waals surface area contributed by atoms with E-state index in [0.29, 0.717) is 22.0 Å². The van der Waals surface area contributed by atoms with Crippen LogP contribution in [0.4, 0.5) is 0 Å². The molecule has 1 nitrogen and oxygen atoms in total. The SMILES string of the molecule is OC(Cc1csc2ccccc12)c1ccc(Cl)cc1Cl. The fourth-order valence-corrected chi connectivity index (χ4v) is 3.79. The molecule has 3 aromatic rings. The molecule has 4 heteroatoms. The molecule has 0 saturated heterocycles. The van der Waals surface area contributed by atoms with Crippen LogP contribution in [0, 0.1) is 0 Å². The monoisotopic (exact) mass is 322 g/mol. The molecule has 0 aliphatic carbocycles. The highest BCUT2D eigenvalue weighted by Gasteiger charge is 2.15. The Bertz CT molecular complexity index is 751. The number of fused-ring (bicyclic) bond motifs is 1. The third-order valence-electron chi connectivity index (χ3n) is 3.30. The van der Waals surface area contributed by atoms with Gasteiger partial charge in [-0.2, -0.15) is 0 Å². The van der Waals surface area contributed by atoms with Crippen molar-refractivity contribution in [2.45, 2.75) is 12.5 Å². The smallest absolute Gasteiger partial charge is 0.0845 e. The lowest BCUT2D eigenvalue weighted by Crippen LogP contribution is -2.02. The normalized spacial score (nSPS) is 12.8. The Balaban J connectivity index is 1.90. The second-order valence-electron chi connectivity index (χ2n) is 4.64. The number of rotatable bonds is 3. The molecule has 0 radical (unpaired) electrons. The van der Waals surface area contributed by atoms with Gasteiger partial charge in [0.05, 0.1) is 6.10 Å². The quantitative estimate of drug-likeness (QED) is 0.676. The summed E-state index contributed by atoms with van der Waals surface area (Å²) in [6, 6.07) is 13.4. The molecule has 1 heterocycles. The van der Waals surface area contributed by atoms with Crippen LogP contribution in [0.3, 0.4) is 0 Å². The van der Waals surface area contributed by atoms with E-state index in [1.54, 1.807) is 29.5 Å². The molecular weight excluding hydrogens is 311 g/mol. The summed E-state index contributed by atoms with van der Waals surface area (Å²) in [4.78, 5) is 0. The minimum Gasteiger partial charge on any atom is -0.388 e. The van der Waals surface area contributed by atoms with Crippen molar-refractivity contribution in [2.24, 2.45) is 0 Å². The average molecular weight is 323 g/mol. The topological polar surface area (TPSA) is 20.2 Å². The predicted molar refractivity (Wildman–Crippen MR) is 87.0 cm³/mol. The van der Waals surface area contributed by atoms with Crippen LogP contribution in [-0.2, 0) is 6.42 Å². The summed E-state index contributed by atoms with van der Waals surface area (Å²) in [6.45, 7) is 0. The zero-order valence-electron chi connectivity index (χ0n) is 10.5.